The molecule has 0 saturated carbocycles. The van der Waals surface area contributed by atoms with Crippen molar-refractivity contribution >= 4 is 11.6 Å². The Morgan fingerprint density at radius 1 is 1.29 bits per heavy atom. The van der Waals surface area contributed by atoms with Gasteiger partial charge in [-0.05, 0) is 42.3 Å². The number of hydrogen-bond donors (Lipinski definition) is 0. The Labute approximate surface area is 142 Å². The van der Waals surface area contributed by atoms with Gasteiger partial charge in [0.2, 0.25) is 5.91 Å². The fourth-order valence-electron chi connectivity index (χ4n) is 3.28. The molecule has 0 bridgehead atoms. The van der Waals surface area contributed by atoms with Gasteiger partial charge in [0, 0.05) is 44.3 Å². The molecule has 1 aromatic heterocycles. The average Bonchev–Trinajstić information content (AvgIpc) is 3.08. The molecule has 1 aliphatic rings. The van der Waals surface area contributed by atoms with Crippen molar-refractivity contribution in [1.82, 2.24) is 25.1 Å². The summed E-state index contributed by atoms with van der Waals surface area (Å²) in [6, 6.07) is 8.65. The first-order chi connectivity index (χ1) is 11.6. The molecule has 1 aliphatic heterocycles. The van der Waals surface area contributed by atoms with Gasteiger partial charge in [0.1, 0.15) is 6.33 Å². The standard InChI is InChI=1S/C17H24N6O/c1-14-6-3-4-7-16(14)21-10-11-23(15(2)12-21)17(24)8-5-9-22-13-18-19-20-22/h3-4,6-7,13,15H,5,8-12H2,1-2H3/t15-/m0/s1. The molecule has 128 valence electrons. The Hall–Kier alpha value is -2.44. The van der Waals surface area contributed by atoms with Crippen molar-refractivity contribution in [1.29, 1.82) is 0 Å². The third-order valence-corrected chi connectivity index (χ3v) is 4.57. The zero-order valence-corrected chi connectivity index (χ0v) is 14.3. The summed E-state index contributed by atoms with van der Waals surface area (Å²) in [6.07, 6.45) is 2.87. The number of nitrogens with zero attached hydrogens (tertiary/aromatic N) is 6. The fraction of sp³-hybridized carbons (Fsp3) is 0.529. The predicted octanol–water partition coefficient (Wildman–Crippen LogP) is 1.50. The van der Waals surface area contributed by atoms with E-state index in [9.17, 15) is 4.79 Å². The summed E-state index contributed by atoms with van der Waals surface area (Å²) in [7, 11) is 0. The van der Waals surface area contributed by atoms with Crippen LogP contribution in [0.2, 0.25) is 0 Å². The van der Waals surface area contributed by atoms with Crippen molar-refractivity contribution in [2.45, 2.75) is 39.3 Å². The molecule has 1 atom stereocenters. The van der Waals surface area contributed by atoms with Crippen LogP contribution in [0.5, 0.6) is 0 Å². The van der Waals surface area contributed by atoms with Crippen LogP contribution < -0.4 is 4.90 Å². The van der Waals surface area contributed by atoms with E-state index in [0.717, 1.165) is 26.1 Å². The Balaban J connectivity index is 1.51. The quantitative estimate of drug-likeness (QED) is 0.832. The molecule has 2 aromatic rings. The lowest BCUT2D eigenvalue weighted by Crippen LogP contribution is -2.54. The zero-order chi connectivity index (χ0) is 16.9. The molecule has 7 heteroatoms. The first-order valence-corrected chi connectivity index (χ1v) is 8.46. The summed E-state index contributed by atoms with van der Waals surface area (Å²) < 4.78 is 1.66. The van der Waals surface area contributed by atoms with E-state index in [1.807, 2.05) is 4.90 Å². The van der Waals surface area contributed by atoms with E-state index in [0.29, 0.717) is 13.0 Å². The summed E-state index contributed by atoms with van der Waals surface area (Å²) in [5, 5.41) is 11.0. The van der Waals surface area contributed by atoms with E-state index >= 15 is 0 Å². The van der Waals surface area contributed by atoms with Crippen LogP contribution in [0.3, 0.4) is 0 Å². The number of piperazine rings is 1. The molecule has 1 amide bonds. The fourth-order valence-corrected chi connectivity index (χ4v) is 3.28. The first kappa shape index (κ1) is 16.4. The Morgan fingerprint density at radius 3 is 2.83 bits per heavy atom. The summed E-state index contributed by atoms with van der Waals surface area (Å²) >= 11 is 0. The molecular formula is C17H24N6O. The average molecular weight is 328 g/mol. The lowest BCUT2D eigenvalue weighted by Gasteiger charge is -2.41. The van der Waals surface area contributed by atoms with Crippen molar-refractivity contribution in [2.24, 2.45) is 0 Å². The van der Waals surface area contributed by atoms with Crippen LogP contribution in [0.1, 0.15) is 25.3 Å². The van der Waals surface area contributed by atoms with Crippen molar-refractivity contribution in [3.63, 3.8) is 0 Å². The number of carbonyl (C=O) groups is 1. The second-order valence-electron chi connectivity index (χ2n) is 6.35. The lowest BCUT2D eigenvalue weighted by atomic mass is 10.1. The van der Waals surface area contributed by atoms with Crippen LogP contribution in [0.4, 0.5) is 5.69 Å². The smallest absolute Gasteiger partial charge is 0.222 e. The van der Waals surface area contributed by atoms with Crippen LogP contribution in [0.15, 0.2) is 30.6 Å². The number of carbonyl (C=O) groups excluding carboxylic acids is 1. The summed E-state index contributed by atoms with van der Waals surface area (Å²) in [5.74, 6) is 0.222. The lowest BCUT2D eigenvalue weighted by molar-refractivity contribution is -0.133. The summed E-state index contributed by atoms with van der Waals surface area (Å²) in [4.78, 5) is 16.9. The van der Waals surface area contributed by atoms with Crippen molar-refractivity contribution in [3.05, 3.63) is 36.2 Å². The Bertz CT molecular complexity index is 671. The molecule has 1 saturated heterocycles. The van der Waals surface area contributed by atoms with Gasteiger partial charge >= 0.3 is 0 Å². The molecule has 0 N–H and O–H groups in total. The highest BCUT2D eigenvalue weighted by molar-refractivity contribution is 5.77. The number of amides is 1. The van der Waals surface area contributed by atoms with Gasteiger partial charge in [0.05, 0.1) is 0 Å². The van der Waals surface area contributed by atoms with Gasteiger partial charge in [-0.2, -0.15) is 0 Å². The van der Waals surface area contributed by atoms with Gasteiger partial charge in [0.15, 0.2) is 0 Å². The Kier molecular flexibility index (Phi) is 5.08. The molecule has 0 spiro atoms. The number of rotatable bonds is 5. The second-order valence-corrected chi connectivity index (χ2v) is 6.35. The van der Waals surface area contributed by atoms with Gasteiger partial charge in [-0.25, -0.2) is 4.68 Å². The van der Waals surface area contributed by atoms with Gasteiger partial charge in [0.25, 0.3) is 0 Å². The normalized spacial score (nSPS) is 18.0. The van der Waals surface area contributed by atoms with Gasteiger partial charge in [-0.1, -0.05) is 18.2 Å². The number of anilines is 1. The molecule has 24 heavy (non-hydrogen) atoms. The largest absolute Gasteiger partial charge is 0.367 e. The maximum absolute atomic E-state index is 12.5. The molecule has 7 nitrogen and oxygen atoms in total. The predicted molar refractivity (Wildman–Crippen MR) is 91.6 cm³/mol. The molecule has 3 rings (SSSR count). The van der Waals surface area contributed by atoms with E-state index in [2.05, 4.69) is 58.5 Å². The van der Waals surface area contributed by atoms with E-state index in [1.165, 1.54) is 11.3 Å². The van der Waals surface area contributed by atoms with Gasteiger partial charge in [-0.15, -0.1) is 5.10 Å². The zero-order valence-electron chi connectivity index (χ0n) is 14.3. The number of aryl methyl sites for hydroxylation is 2. The SMILES string of the molecule is Cc1ccccc1N1CCN(C(=O)CCCn2cnnn2)[C@@H](C)C1. The minimum absolute atomic E-state index is 0.221. The number of benzene rings is 1. The molecule has 0 aliphatic carbocycles. The van der Waals surface area contributed by atoms with Gasteiger partial charge < -0.3 is 9.80 Å². The second kappa shape index (κ2) is 7.42. The summed E-state index contributed by atoms with van der Waals surface area (Å²) in [5.41, 5.74) is 2.56. The molecule has 1 aromatic carbocycles. The van der Waals surface area contributed by atoms with Crippen LogP contribution in [-0.2, 0) is 11.3 Å². The van der Waals surface area contributed by atoms with Crippen LogP contribution in [0, 0.1) is 6.92 Å². The molecule has 1 fully saturated rings. The van der Waals surface area contributed by atoms with Crippen molar-refractivity contribution < 1.29 is 4.79 Å². The van der Waals surface area contributed by atoms with E-state index in [4.69, 9.17) is 0 Å². The van der Waals surface area contributed by atoms with E-state index in [1.54, 1.807) is 11.0 Å². The molecule has 0 unspecified atom stereocenters. The molecule has 2 heterocycles. The Morgan fingerprint density at radius 2 is 2.12 bits per heavy atom. The minimum atomic E-state index is 0.221. The highest BCUT2D eigenvalue weighted by Gasteiger charge is 2.27. The van der Waals surface area contributed by atoms with Crippen LogP contribution in [0.25, 0.3) is 0 Å². The third-order valence-electron chi connectivity index (χ3n) is 4.57. The highest BCUT2D eigenvalue weighted by atomic mass is 16.2. The monoisotopic (exact) mass is 328 g/mol. The maximum Gasteiger partial charge on any atom is 0.222 e. The molecular weight excluding hydrogens is 304 g/mol. The third kappa shape index (κ3) is 3.72. The topological polar surface area (TPSA) is 67.2 Å². The number of tetrazole rings is 1. The number of hydrogen-bond acceptors (Lipinski definition) is 5. The van der Waals surface area contributed by atoms with E-state index in [-0.39, 0.29) is 11.9 Å². The van der Waals surface area contributed by atoms with Gasteiger partial charge in [-0.3, -0.25) is 4.79 Å². The highest BCUT2D eigenvalue weighted by Crippen LogP contribution is 2.23. The van der Waals surface area contributed by atoms with Crippen molar-refractivity contribution in [2.75, 3.05) is 24.5 Å². The minimum Gasteiger partial charge on any atom is -0.367 e. The molecule has 0 radical (unpaired) electrons. The van der Waals surface area contributed by atoms with Crippen LogP contribution in [-0.4, -0.2) is 56.7 Å². The number of aromatic nitrogens is 4. The summed E-state index contributed by atoms with van der Waals surface area (Å²) in [6.45, 7) is 7.48. The van der Waals surface area contributed by atoms with Crippen molar-refractivity contribution in [3.8, 4) is 0 Å². The number of para-hydroxylation sites is 1. The van der Waals surface area contributed by atoms with Crippen LogP contribution >= 0.6 is 0 Å². The first-order valence-electron chi connectivity index (χ1n) is 8.46. The van der Waals surface area contributed by atoms with E-state index < -0.39 is 0 Å². The maximum atomic E-state index is 12.5.